The van der Waals surface area contributed by atoms with Gasteiger partial charge in [-0.25, -0.2) is 4.99 Å². The summed E-state index contributed by atoms with van der Waals surface area (Å²) in [5, 5.41) is 6.85. The molecule has 1 aromatic carbocycles. The van der Waals surface area contributed by atoms with E-state index in [1.165, 1.54) is 32.4 Å². The van der Waals surface area contributed by atoms with Gasteiger partial charge in [-0.3, -0.25) is 4.79 Å². The Morgan fingerprint density at radius 3 is 2.43 bits per heavy atom. The number of nitrogens with one attached hydrogen (secondary N) is 2. The summed E-state index contributed by atoms with van der Waals surface area (Å²) in [7, 11) is 0. The predicted molar refractivity (Wildman–Crippen MR) is 136 cm³/mol. The van der Waals surface area contributed by atoms with Crippen molar-refractivity contribution in [1.29, 1.82) is 0 Å². The van der Waals surface area contributed by atoms with Crippen molar-refractivity contribution in [2.45, 2.75) is 52.5 Å². The third-order valence-electron chi connectivity index (χ3n) is 5.72. The number of carbonyl (C=O) groups excluding carboxylic acids is 1. The number of hydrogen-bond donors (Lipinski definition) is 2. The zero-order valence-electron chi connectivity index (χ0n) is 18.5. The Morgan fingerprint density at radius 2 is 1.80 bits per heavy atom. The van der Waals surface area contributed by atoms with Crippen molar-refractivity contribution in [2.24, 2.45) is 10.9 Å². The molecule has 0 bridgehead atoms. The fourth-order valence-electron chi connectivity index (χ4n) is 4.13. The molecule has 6 nitrogen and oxygen atoms in total. The number of rotatable bonds is 8. The summed E-state index contributed by atoms with van der Waals surface area (Å²) in [5.74, 6) is 1.69. The van der Waals surface area contributed by atoms with Crippen LogP contribution in [-0.4, -0.2) is 56.0 Å². The number of piperidine rings is 1. The van der Waals surface area contributed by atoms with Gasteiger partial charge in [0.05, 0.1) is 6.54 Å². The molecular weight excluding hydrogens is 489 g/mol. The number of amides is 1. The molecule has 2 N–H and O–H groups in total. The minimum absolute atomic E-state index is 0. The maximum atomic E-state index is 11.9. The first kappa shape index (κ1) is 24.9. The minimum atomic E-state index is 0. The largest absolute Gasteiger partial charge is 0.357 e. The van der Waals surface area contributed by atoms with Gasteiger partial charge < -0.3 is 20.4 Å². The molecule has 2 fully saturated rings. The van der Waals surface area contributed by atoms with Crippen LogP contribution >= 0.6 is 24.0 Å². The van der Waals surface area contributed by atoms with Crippen LogP contribution in [0.25, 0.3) is 0 Å². The molecule has 1 aromatic rings. The van der Waals surface area contributed by atoms with Gasteiger partial charge in [0.1, 0.15) is 0 Å². The number of likely N-dealkylation sites (tertiary alicyclic amines) is 1. The number of benzene rings is 1. The van der Waals surface area contributed by atoms with E-state index in [2.05, 4.69) is 41.5 Å². The number of nitrogens with zero attached hydrogens (tertiary/aromatic N) is 3. The standard InChI is InChI=1S/C23H37N5O.HI/c1-3-24-23(25-16-19(2)18-27-13-5-4-6-14-27)26-17-20-9-11-21(12-10-20)28-15-7-8-22(28)29;/h9-12,19H,3-8,13-18H2,1-2H3,(H2,24,25,26);1H. The zero-order valence-corrected chi connectivity index (χ0v) is 20.9. The van der Waals surface area contributed by atoms with E-state index in [1.807, 2.05) is 17.0 Å². The molecule has 2 saturated heterocycles. The van der Waals surface area contributed by atoms with E-state index >= 15 is 0 Å². The van der Waals surface area contributed by atoms with Crippen LogP contribution in [0.1, 0.15) is 51.5 Å². The molecule has 2 heterocycles. The summed E-state index contributed by atoms with van der Waals surface area (Å²) in [6, 6.07) is 8.23. The molecule has 0 radical (unpaired) electrons. The van der Waals surface area contributed by atoms with Gasteiger partial charge in [0.15, 0.2) is 5.96 Å². The number of carbonyl (C=O) groups is 1. The lowest BCUT2D eigenvalue weighted by Gasteiger charge is -2.29. The van der Waals surface area contributed by atoms with Crippen LogP contribution in [0.5, 0.6) is 0 Å². The smallest absolute Gasteiger partial charge is 0.227 e. The Balaban J connectivity index is 0.00000320. The molecule has 2 aliphatic heterocycles. The third kappa shape index (κ3) is 7.72. The molecule has 7 heteroatoms. The van der Waals surface area contributed by atoms with Gasteiger partial charge in [-0.2, -0.15) is 0 Å². The van der Waals surface area contributed by atoms with Gasteiger partial charge in [-0.1, -0.05) is 25.5 Å². The Morgan fingerprint density at radius 1 is 1.07 bits per heavy atom. The lowest BCUT2D eigenvalue weighted by atomic mass is 10.1. The minimum Gasteiger partial charge on any atom is -0.357 e. The highest BCUT2D eigenvalue weighted by atomic mass is 127. The van der Waals surface area contributed by atoms with Gasteiger partial charge >= 0.3 is 0 Å². The Kier molecular flexibility index (Phi) is 10.9. The molecule has 2 aliphatic rings. The van der Waals surface area contributed by atoms with E-state index in [4.69, 9.17) is 4.99 Å². The average molecular weight is 527 g/mol. The highest BCUT2D eigenvalue weighted by Crippen LogP contribution is 2.21. The summed E-state index contributed by atoms with van der Waals surface area (Å²) < 4.78 is 0. The molecule has 1 amide bonds. The number of halogens is 1. The summed E-state index contributed by atoms with van der Waals surface area (Å²) >= 11 is 0. The number of anilines is 1. The lowest BCUT2D eigenvalue weighted by molar-refractivity contribution is -0.117. The molecule has 1 unspecified atom stereocenters. The van der Waals surface area contributed by atoms with Gasteiger partial charge in [0.2, 0.25) is 5.91 Å². The number of aliphatic imine (C=N–C) groups is 1. The SMILES string of the molecule is CCNC(=NCc1ccc(N2CCCC2=O)cc1)NCC(C)CN1CCCCC1.I. The Hall–Kier alpha value is -1.35. The van der Waals surface area contributed by atoms with Gasteiger partial charge in [-0.05, 0) is 62.9 Å². The Bertz CT molecular complexity index is 673. The van der Waals surface area contributed by atoms with Crippen LogP contribution in [0.4, 0.5) is 5.69 Å². The van der Waals surface area contributed by atoms with Crippen molar-refractivity contribution in [3.63, 3.8) is 0 Å². The van der Waals surface area contributed by atoms with Gasteiger partial charge in [0, 0.05) is 38.3 Å². The summed E-state index contributed by atoms with van der Waals surface area (Å²) in [5.41, 5.74) is 2.15. The van der Waals surface area contributed by atoms with Crippen molar-refractivity contribution < 1.29 is 4.79 Å². The molecule has 0 saturated carbocycles. The van der Waals surface area contributed by atoms with E-state index in [9.17, 15) is 4.79 Å². The summed E-state index contributed by atoms with van der Waals surface area (Å²) in [4.78, 5) is 21.1. The fourth-order valence-corrected chi connectivity index (χ4v) is 4.13. The Labute approximate surface area is 198 Å². The molecule has 0 spiro atoms. The van der Waals surface area contributed by atoms with Crippen molar-refractivity contribution in [1.82, 2.24) is 15.5 Å². The highest BCUT2D eigenvalue weighted by Gasteiger charge is 2.21. The van der Waals surface area contributed by atoms with E-state index < -0.39 is 0 Å². The molecule has 1 atom stereocenters. The number of guanidine groups is 1. The van der Waals surface area contributed by atoms with Crippen LogP contribution in [0, 0.1) is 5.92 Å². The van der Waals surface area contributed by atoms with Crippen LogP contribution in [0.2, 0.25) is 0 Å². The molecule has 0 aliphatic carbocycles. The highest BCUT2D eigenvalue weighted by molar-refractivity contribution is 14.0. The van der Waals surface area contributed by atoms with Crippen molar-refractivity contribution >= 4 is 41.5 Å². The predicted octanol–water partition coefficient (Wildman–Crippen LogP) is 3.61. The van der Waals surface area contributed by atoms with Crippen molar-refractivity contribution in [3.8, 4) is 0 Å². The number of hydrogen-bond acceptors (Lipinski definition) is 3. The molecule has 30 heavy (non-hydrogen) atoms. The third-order valence-corrected chi connectivity index (χ3v) is 5.72. The summed E-state index contributed by atoms with van der Waals surface area (Å²) in [6.07, 6.45) is 5.69. The first-order valence-electron chi connectivity index (χ1n) is 11.3. The maximum absolute atomic E-state index is 11.9. The van der Waals surface area contributed by atoms with Gasteiger partial charge in [-0.15, -0.1) is 24.0 Å². The van der Waals surface area contributed by atoms with Crippen LogP contribution < -0.4 is 15.5 Å². The van der Waals surface area contributed by atoms with E-state index in [1.54, 1.807) is 0 Å². The van der Waals surface area contributed by atoms with E-state index in [-0.39, 0.29) is 29.9 Å². The monoisotopic (exact) mass is 527 g/mol. The fraction of sp³-hybridized carbons (Fsp3) is 0.652. The first-order chi connectivity index (χ1) is 14.2. The topological polar surface area (TPSA) is 60.0 Å². The average Bonchev–Trinajstić information content (AvgIpc) is 3.17. The second-order valence-electron chi connectivity index (χ2n) is 8.36. The normalized spacial score (nSPS) is 18.8. The van der Waals surface area contributed by atoms with E-state index in [0.29, 0.717) is 18.9 Å². The van der Waals surface area contributed by atoms with Gasteiger partial charge in [0.25, 0.3) is 0 Å². The lowest BCUT2D eigenvalue weighted by Crippen LogP contribution is -2.42. The van der Waals surface area contributed by atoms with Crippen LogP contribution in [0.15, 0.2) is 29.3 Å². The van der Waals surface area contributed by atoms with Crippen molar-refractivity contribution in [3.05, 3.63) is 29.8 Å². The summed E-state index contributed by atoms with van der Waals surface area (Å²) in [6.45, 7) is 11.3. The first-order valence-corrected chi connectivity index (χ1v) is 11.3. The quantitative estimate of drug-likeness (QED) is 0.308. The maximum Gasteiger partial charge on any atom is 0.227 e. The molecule has 0 aromatic heterocycles. The molecule has 3 rings (SSSR count). The second kappa shape index (κ2) is 13.1. The van der Waals surface area contributed by atoms with Crippen LogP contribution in [0.3, 0.4) is 0 Å². The molecule has 168 valence electrons. The van der Waals surface area contributed by atoms with E-state index in [0.717, 1.165) is 49.8 Å². The zero-order chi connectivity index (χ0) is 20.5. The van der Waals surface area contributed by atoms with Crippen LogP contribution in [-0.2, 0) is 11.3 Å². The van der Waals surface area contributed by atoms with Crippen molar-refractivity contribution in [2.75, 3.05) is 44.2 Å². The molecular formula is C23H38IN5O. The second-order valence-corrected chi connectivity index (χ2v) is 8.36.